The molecule has 0 aliphatic carbocycles. The van der Waals surface area contributed by atoms with Crippen LogP contribution in [0.1, 0.15) is 38.0 Å². The lowest BCUT2D eigenvalue weighted by atomic mass is 10.2. The molecule has 0 fully saturated rings. The standard InChI is InChI=1S/C13H19ClN4O2S/c1-4-10-13(21(14,19)20)11(5-2)18(16-10)9-12-15-7-8-17(12)6-3/h7-8H,4-6,9H2,1-3H3. The highest BCUT2D eigenvalue weighted by Crippen LogP contribution is 2.26. The summed E-state index contributed by atoms with van der Waals surface area (Å²) in [6, 6.07) is 0. The molecule has 116 valence electrons. The van der Waals surface area contributed by atoms with E-state index in [2.05, 4.69) is 10.1 Å². The van der Waals surface area contributed by atoms with Gasteiger partial charge in [-0.25, -0.2) is 13.4 Å². The van der Waals surface area contributed by atoms with E-state index >= 15 is 0 Å². The average molecular weight is 331 g/mol. The number of rotatable bonds is 6. The minimum Gasteiger partial charge on any atom is -0.334 e. The number of hydrogen-bond acceptors (Lipinski definition) is 4. The fourth-order valence-corrected chi connectivity index (χ4v) is 3.97. The molecule has 2 aromatic rings. The Labute approximate surface area is 129 Å². The van der Waals surface area contributed by atoms with Gasteiger partial charge in [-0.1, -0.05) is 13.8 Å². The van der Waals surface area contributed by atoms with E-state index in [1.54, 1.807) is 10.9 Å². The molecule has 0 atom stereocenters. The maximum absolute atomic E-state index is 11.8. The van der Waals surface area contributed by atoms with Crippen LogP contribution < -0.4 is 0 Å². The Morgan fingerprint density at radius 1 is 1.24 bits per heavy atom. The minimum absolute atomic E-state index is 0.156. The topological polar surface area (TPSA) is 69.8 Å². The summed E-state index contributed by atoms with van der Waals surface area (Å²) in [5.41, 5.74) is 1.14. The van der Waals surface area contributed by atoms with Gasteiger partial charge in [-0.2, -0.15) is 5.10 Å². The minimum atomic E-state index is -3.80. The largest absolute Gasteiger partial charge is 0.334 e. The number of imidazole rings is 1. The zero-order valence-corrected chi connectivity index (χ0v) is 13.9. The van der Waals surface area contributed by atoms with Gasteiger partial charge in [0.1, 0.15) is 10.7 Å². The highest BCUT2D eigenvalue weighted by atomic mass is 35.7. The fourth-order valence-electron chi connectivity index (χ4n) is 2.44. The molecule has 0 amide bonds. The van der Waals surface area contributed by atoms with Crippen LogP contribution in [-0.4, -0.2) is 27.7 Å². The maximum Gasteiger partial charge on any atom is 0.264 e. The Morgan fingerprint density at radius 2 is 1.95 bits per heavy atom. The Morgan fingerprint density at radius 3 is 2.48 bits per heavy atom. The summed E-state index contributed by atoms with van der Waals surface area (Å²) in [5.74, 6) is 0.843. The van der Waals surface area contributed by atoms with Crippen LogP contribution in [0.4, 0.5) is 0 Å². The quantitative estimate of drug-likeness (QED) is 0.761. The first-order valence-electron chi connectivity index (χ1n) is 6.95. The Bertz CT molecular complexity index is 733. The normalized spacial score (nSPS) is 12.0. The number of aromatic nitrogens is 4. The molecule has 6 nitrogen and oxygen atoms in total. The molecule has 0 saturated heterocycles. The second-order valence-corrected chi connectivity index (χ2v) is 7.16. The summed E-state index contributed by atoms with van der Waals surface area (Å²) in [7, 11) is 1.78. The number of halogens is 1. The molecular weight excluding hydrogens is 312 g/mol. The summed E-state index contributed by atoms with van der Waals surface area (Å²) in [4.78, 5) is 4.46. The molecule has 2 rings (SSSR count). The number of nitrogens with zero attached hydrogens (tertiary/aromatic N) is 4. The van der Waals surface area contributed by atoms with E-state index in [4.69, 9.17) is 10.7 Å². The van der Waals surface area contributed by atoms with Crippen molar-refractivity contribution in [3.8, 4) is 0 Å². The Hall–Kier alpha value is -1.34. The van der Waals surface area contributed by atoms with Crippen LogP contribution >= 0.6 is 10.7 Å². The van der Waals surface area contributed by atoms with Crippen molar-refractivity contribution >= 4 is 19.7 Å². The summed E-state index contributed by atoms with van der Waals surface area (Å²) in [5, 5.41) is 4.42. The zero-order chi connectivity index (χ0) is 15.6. The van der Waals surface area contributed by atoms with Crippen molar-refractivity contribution in [1.82, 2.24) is 19.3 Å². The molecule has 0 aliphatic heterocycles. The van der Waals surface area contributed by atoms with Crippen molar-refractivity contribution in [3.05, 3.63) is 29.6 Å². The molecule has 0 N–H and O–H groups in total. The van der Waals surface area contributed by atoms with Crippen LogP contribution in [-0.2, 0) is 35.0 Å². The van der Waals surface area contributed by atoms with Crippen molar-refractivity contribution in [2.45, 2.75) is 51.6 Å². The number of aryl methyl sites for hydroxylation is 2. The first-order chi connectivity index (χ1) is 9.92. The van der Waals surface area contributed by atoms with E-state index in [0.29, 0.717) is 30.8 Å². The van der Waals surface area contributed by atoms with Gasteiger partial charge in [-0.15, -0.1) is 0 Å². The molecule has 8 heteroatoms. The van der Waals surface area contributed by atoms with Crippen LogP contribution in [0.2, 0.25) is 0 Å². The van der Waals surface area contributed by atoms with Gasteiger partial charge in [0.15, 0.2) is 0 Å². The second-order valence-electron chi connectivity index (χ2n) is 4.65. The molecule has 21 heavy (non-hydrogen) atoms. The molecule has 0 saturated carbocycles. The first-order valence-corrected chi connectivity index (χ1v) is 9.26. The summed E-state index contributed by atoms with van der Waals surface area (Å²) < 4.78 is 27.3. The van der Waals surface area contributed by atoms with Gasteiger partial charge in [-0.05, 0) is 19.8 Å². The molecule has 0 bridgehead atoms. The third-order valence-corrected chi connectivity index (χ3v) is 4.85. The van der Waals surface area contributed by atoms with E-state index in [9.17, 15) is 8.42 Å². The highest BCUT2D eigenvalue weighted by molar-refractivity contribution is 8.13. The van der Waals surface area contributed by atoms with Gasteiger partial charge < -0.3 is 4.57 Å². The molecule has 0 aromatic carbocycles. The molecular formula is C13H19ClN4O2S. The third-order valence-electron chi connectivity index (χ3n) is 3.42. The Kier molecular flexibility index (Phi) is 4.73. The van der Waals surface area contributed by atoms with E-state index in [1.807, 2.05) is 31.5 Å². The van der Waals surface area contributed by atoms with E-state index in [1.165, 1.54) is 0 Å². The smallest absolute Gasteiger partial charge is 0.264 e. The van der Waals surface area contributed by atoms with Gasteiger partial charge in [0.2, 0.25) is 0 Å². The van der Waals surface area contributed by atoms with Crippen LogP contribution in [0.5, 0.6) is 0 Å². The van der Waals surface area contributed by atoms with Crippen molar-refractivity contribution < 1.29 is 8.42 Å². The Balaban J connectivity index is 2.52. The van der Waals surface area contributed by atoms with Crippen molar-refractivity contribution in [3.63, 3.8) is 0 Å². The van der Waals surface area contributed by atoms with E-state index in [0.717, 1.165) is 12.4 Å². The average Bonchev–Trinajstić information content (AvgIpc) is 3.01. The van der Waals surface area contributed by atoms with Gasteiger partial charge in [-0.3, -0.25) is 4.68 Å². The summed E-state index contributed by atoms with van der Waals surface area (Å²) in [6.07, 6.45) is 4.68. The van der Waals surface area contributed by atoms with Gasteiger partial charge in [0, 0.05) is 29.6 Å². The van der Waals surface area contributed by atoms with Crippen LogP contribution in [0.15, 0.2) is 17.3 Å². The monoisotopic (exact) mass is 330 g/mol. The lowest BCUT2D eigenvalue weighted by Crippen LogP contribution is -2.12. The number of hydrogen-bond donors (Lipinski definition) is 0. The van der Waals surface area contributed by atoms with Crippen molar-refractivity contribution in [2.24, 2.45) is 0 Å². The van der Waals surface area contributed by atoms with Crippen molar-refractivity contribution in [2.75, 3.05) is 0 Å². The maximum atomic E-state index is 11.8. The molecule has 0 radical (unpaired) electrons. The van der Waals surface area contributed by atoms with Gasteiger partial charge in [0.25, 0.3) is 9.05 Å². The summed E-state index contributed by atoms with van der Waals surface area (Å²) >= 11 is 0. The zero-order valence-electron chi connectivity index (χ0n) is 12.4. The third kappa shape index (κ3) is 3.13. The first kappa shape index (κ1) is 16.0. The van der Waals surface area contributed by atoms with Crippen LogP contribution in [0.3, 0.4) is 0 Å². The van der Waals surface area contributed by atoms with Gasteiger partial charge >= 0.3 is 0 Å². The SMILES string of the molecule is CCc1nn(Cc2nccn2CC)c(CC)c1S(=O)(=O)Cl. The van der Waals surface area contributed by atoms with E-state index < -0.39 is 9.05 Å². The van der Waals surface area contributed by atoms with Crippen LogP contribution in [0.25, 0.3) is 0 Å². The predicted molar refractivity (Wildman–Crippen MR) is 81.0 cm³/mol. The molecule has 2 aromatic heterocycles. The summed E-state index contributed by atoms with van der Waals surface area (Å²) in [6.45, 7) is 7.03. The predicted octanol–water partition coefficient (Wildman–Crippen LogP) is 2.20. The van der Waals surface area contributed by atoms with Crippen molar-refractivity contribution in [1.29, 1.82) is 0 Å². The second kappa shape index (κ2) is 6.19. The van der Waals surface area contributed by atoms with Gasteiger partial charge in [0.05, 0.1) is 17.9 Å². The fraction of sp³-hybridized carbons (Fsp3) is 0.538. The molecule has 0 spiro atoms. The van der Waals surface area contributed by atoms with Crippen LogP contribution in [0, 0.1) is 0 Å². The molecule has 0 unspecified atom stereocenters. The highest BCUT2D eigenvalue weighted by Gasteiger charge is 2.25. The molecule has 0 aliphatic rings. The lowest BCUT2D eigenvalue weighted by Gasteiger charge is -2.08. The molecule has 2 heterocycles. The van der Waals surface area contributed by atoms with E-state index in [-0.39, 0.29) is 4.90 Å². The lowest BCUT2D eigenvalue weighted by molar-refractivity contribution is 0.579.